The number of methoxy groups -OCH3 is 1. The number of hydrogen-bond donors (Lipinski definition) is 1. The zero-order valence-corrected chi connectivity index (χ0v) is 8.16. The van der Waals surface area contributed by atoms with Gasteiger partial charge in [0.05, 0.1) is 7.11 Å². The maximum atomic E-state index is 13.7. The summed E-state index contributed by atoms with van der Waals surface area (Å²) in [6, 6.07) is 4.95. The molecule has 0 spiro atoms. The highest BCUT2D eigenvalue weighted by Gasteiger charge is 2.31. The summed E-state index contributed by atoms with van der Waals surface area (Å²) in [5, 5.41) is 0. The monoisotopic (exact) mass is 195 g/mol. The van der Waals surface area contributed by atoms with Gasteiger partial charge in [0.25, 0.3) is 0 Å². The SMILES string of the molecule is COc1cccc([C@H](N)C2CC2)c1F. The van der Waals surface area contributed by atoms with Gasteiger partial charge in [-0.25, -0.2) is 4.39 Å². The summed E-state index contributed by atoms with van der Waals surface area (Å²) in [5.74, 6) is 0.421. The molecule has 2 rings (SSSR count). The van der Waals surface area contributed by atoms with Gasteiger partial charge in [0.15, 0.2) is 11.6 Å². The van der Waals surface area contributed by atoms with Crippen molar-refractivity contribution in [1.82, 2.24) is 0 Å². The van der Waals surface area contributed by atoms with Crippen LogP contribution in [0.3, 0.4) is 0 Å². The summed E-state index contributed by atoms with van der Waals surface area (Å²) < 4.78 is 18.6. The molecular weight excluding hydrogens is 181 g/mol. The van der Waals surface area contributed by atoms with E-state index < -0.39 is 0 Å². The van der Waals surface area contributed by atoms with Crippen LogP contribution in [-0.2, 0) is 0 Å². The predicted octanol–water partition coefficient (Wildman–Crippen LogP) is 2.24. The smallest absolute Gasteiger partial charge is 0.169 e. The van der Waals surface area contributed by atoms with E-state index in [1.54, 1.807) is 18.2 Å². The molecule has 0 aliphatic heterocycles. The van der Waals surface area contributed by atoms with Gasteiger partial charge < -0.3 is 10.5 Å². The first-order valence-corrected chi connectivity index (χ1v) is 4.82. The van der Waals surface area contributed by atoms with E-state index in [1.807, 2.05) is 0 Å². The van der Waals surface area contributed by atoms with Crippen LogP contribution in [0.15, 0.2) is 18.2 Å². The molecule has 0 saturated heterocycles. The highest BCUT2D eigenvalue weighted by atomic mass is 19.1. The predicted molar refractivity (Wildman–Crippen MR) is 52.6 cm³/mol. The van der Waals surface area contributed by atoms with Crippen LogP contribution in [0.4, 0.5) is 4.39 Å². The Morgan fingerprint density at radius 1 is 1.50 bits per heavy atom. The summed E-state index contributed by atoms with van der Waals surface area (Å²) in [6.07, 6.45) is 2.22. The van der Waals surface area contributed by atoms with E-state index in [1.165, 1.54) is 7.11 Å². The van der Waals surface area contributed by atoms with Gasteiger partial charge in [-0.3, -0.25) is 0 Å². The molecule has 0 amide bonds. The Morgan fingerprint density at radius 2 is 2.21 bits per heavy atom. The Balaban J connectivity index is 2.31. The third-order valence-electron chi connectivity index (χ3n) is 2.70. The van der Waals surface area contributed by atoms with Crippen molar-refractivity contribution in [1.29, 1.82) is 0 Å². The van der Waals surface area contributed by atoms with Gasteiger partial charge in [-0.1, -0.05) is 12.1 Å². The van der Waals surface area contributed by atoms with Crippen molar-refractivity contribution >= 4 is 0 Å². The first-order valence-electron chi connectivity index (χ1n) is 4.82. The largest absolute Gasteiger partial charge is 0.494 e. The minimum Gasteiger partial charge on any atom is -0.494 e. The van der Waals surface area contributed by atoms with Gasteiger partial charge in [0, 0.05) is 11.6 Å². The molecule has 1 aliphatic carbocycles. The number of rotatable bonds is 3. The Labute approximate surface area is 82.9 Å². The van der Waals surface area contributed by atoms with Crippen LogP contribution >= 0.6 is 0 Å². The molecule has 0 radical (unpaired) electrons. The molecule has 14 heavy (non-hydrogen) atoms. The molecule has 76 valence electrons. The number of benzene rings is 1. The molecule has 1 fully saturated rings. The van der Waals surface area contributed by atoms with Crippen molar-refractivity contribution in [2.45, 2.75) is 18.9 Å². The van der Waals surface area contributed by atoms with Crippen LogP contribution in [-0.4, -0.2) is 7.11 Å². The standard InChI is InChI=1S/C11H14FNO/c1-14-9-4-2-3-8(10(9)12)11(13)7-5-6-7/h2-4,7,11H,5-6,13H2,1H3/t11-/m1/s1. The van der Waals surface area contributed by atoms with Crippen LogP contribution < -0.4 is 10.5 Å². The fraction of sp³-hybridized carbons (Fsp3) is 0.455. The van der Waals surface area contributed by atoms with Gasteiger partial charge in [-0.05, 0) is 24.8 Å². The van der Waals surface area contributed by atoms with Crippen LogP contribution in [0.2, 0.25) is 0 Å². The van der Waals surface area contributed by atoms with Gasteiger partial charge in [0.1, 0.15) is 0 Å². The molecule has 0 aromatic heterocycles. The highest BCUT2D eigenvalue weighted by Crippen LogP contribution is 2.41. The Hall–Kier alpha value is -1.09. The van der Waals surface area contributed by atoms with Crippen molar-refractivity contribution < 1.29 is 9.13 Å². The Bertz CT molecular complexity index is 336. The minimum absolute atomic E-state index is 0.176. The molecule has 2 nitrogen and oxygen atoms in total. The number of ether oxygens (including phenoxy) is 1. The van der Waals surface area contributed by atoms with Crippen LogP contribution in [0, 0.1) is 11.7 Å². The molecule has 1 aliphatic rings. The van der Waals surface area contributed by atoms with Crippen molar-refractivity contribution in [3.63, 3.8) is 0 Å². The van der Waals surface area contributed by atoms with Gasteiger partial charge >= 0.3 is 0 Å². The molecule has 0 bridgehead atoms. The summed E-state index contributed by atoms with van der Waals surface area (Å²) in [6.45, 7) is 0. The lowest BCUT2D eigenvalue weighted by atomic mass is 10.0. The van der Waals surface area contributed by atoms with E-state index in [9.17, 15) is 4.39 Å². The molecule has 3 heteroatoms. The van der Waals surface area contributed by atoms with Crippen molar-refractivity contribution in [2.75, 3.05) is 7.11 Å². The van der Waals surface area contributed by atoms with E-state index in [0.717, 1.165) is 12.8 Å². The first kappa shape index (κ1) is 9.46. The molecule has 1 saturated carbocycles. The maximum absolute atomic E-state index is 13.7. The topological polar surface area (TPSA) is 35.2 Å². The fourth-order valence-corrected chi connectivity index (χ4v) is 1.65. The third-order valence-corrected chi connectivity index (χ3v) is 2.70. The van der Waals surface area contributed by atoms with Crippen molar-refractivity contribution in [3.8, 4) is 5.75 Å². The van der Waals surface area contributed by atoms with Crippen LogP contribution in [0.5, 0.6) is 5.75 Å². The molecular formula is C11H14FNO. The van der Waals surface area contributed by atoms with Crippen LogP contribution in [0.25, 0.3) is 0 Å². The van der Waals surface area contributed by atoms with E-state index in [-0.39, 0.29) is 17.6 Å². The lowest BCUT2D eigenvalue weighted by Gasteiger charge is -2.13. The zero-order chi connectivity index (χ0) is 10.1. The molecule has 1 atom stereocenters. The average Bonchev–Trinajstić information content (AvgIpc) is 3.00. The quantitative estimate of drug-likeness (QED) is 0.802. The summed E-state index contributed by atoms with van der Waals surface area (Å²) in [7, 11) is 1.46. The van der Waals surface area contributed by atoms with Gasteiger partial charge in [-0.2, -0.15) is 0 Å². The average molecular weight is 195 g/mol. The third kappa shape index (κ3) is 1.60. The number of halogens is 1. The molecule has 1 aromatic carbocycles. The van der Waals surface area contributed by atoms with Crippen LogP contribution in [0.1, 0.15) is 24.4 Å². The van der Waals surface area contributed by atoms with E-state index in [2.05, 4.69) is 0 Å². The summed E-state index contributed by atoms with van der Waals surface area (Å²) >= 11 is 0. The second-order valence-electron chi connectivity index (χ2n) is 3.73. The van der Waals surface area contributed by atoms with Gasteiger partial charge in [-0.15, -0.1) is 0 Å². The lowest BCUT2D eigenvalue weighted by molar-refractivity contribution is 0.381. The van der Waals surface area contributed by atoms with Crippen molar-refractivity contribution in [3.05, 3.63) is 29.6 Å². The second-order valence-corrected chi connectivity index (χ2v) is 3.73. The van der Waals surface area contributed by atoms with E-state index in [4.69, 9.17) is 10.5 Å². The second kappa shape index (κ2) is 3.58. The Kier molecular flexibility index (Phi) is 2.42. The van der Waals surface area contributed by atoms with Gasteiger partial charge in [0.2, 0.25) is 0 Å². The van der Waals surface area contributed by atoms with E-state index >= 15 is 0 Å². The zero-order valence-electron chi connectivity index (χ0n) is 8.16. The Morgan fingerprint density at radius 3 is 2.79 bits per heavy atom. The number of hydrogen-bond acceptors (Lipinski definition) is 2. The minimum atomic E-state index is -0.311. The summed E-state index contributed by atoms with van der Waals surface area (Å²) in [5.41, 5.74) is 6.50. The van der Waals surface area contributed by atoms with Crippen molar-refractivity contribution in [2.24, 2.45) is 11.7 Å². The fourth-order valence-electron chi connectivity index (χ4n) is 1.65. The number of nitrogens with two attached hydrogens (primary N) is 1. The molecule has 0 unspecified atom stereocenters. The molecule has 0 heterocycles. The lowest BCUT2D eigenvalue weighted by Crippen LogP contribution is -2.14. The first-order chi connectivity index (χ1) is 6.74. The normalized spacial score (nSPS) is 17.9. The van der Waals surface area contributed by atoms with E-state index in [0.29, 0.717) is 11.5 Å². The molecule has 1 aromatic rings. The maximum Gasteiger partial charge on any atom is 0.169 e. The highest BCUT2D eigenvalue weighted by molar-refractivity contribution is 5.33. The molecule has 2 N–H and O–H groups in total. The summed E-state index contributed by atoms with van der Waals surface area (Å²) in [4.78, 5) is 0.